The third-order valence-electron chi connectivity index (χ3n) is 3.03. The zero-order chi connectivity index (χ0) is 12.4. The summed E-state index contributed by atoms with van der Waals surface area (Å²) in [6.45, 7) is 4.57. The van der Waals surface area contributed by atoms with Crippen LogP contribution in [0.4, 0.5) is 0 Å². The number of hydrogen-bond acceptors (Lipinski definition) is 4. The number of aliphatic hydroxyl groups is 1. The Morgan fingerprint density at radius 2 is 2.12 bits per heavy atom. The van der Waals surface area contributed by atoms with Gasteiger partial charge in [0.2, 0.25) is 6.79 Å². The van der Waals surface area contributed by atoms with Crippen molar-refractivity contribution < 1.29 is 14.6 Å². The predicted molar refractivity (Wildman–Crippen MR) is 65.3 cm³/mol. The summed E-state index contributed by atoms with van der Waals surface area (Å²) < 4.78 is 10.9. The summed E-state index contributed by atoms with van der Waals surface area (Å²) in [6, 6.07) is 3.70. The lowest BCUT2D eigenvalue weighted by Gasteiger charge is -2.19. The van der Waals surface area contributed by atoms with Crippen LogP contribution in [-0.4, -0.2) is 18.5 Å². The largest absolute Gasteiger partial charge is 0.454 e. The van der Waals surface area contributed by atoms with Crippen LogP contribution in [0.3, 0.4) is 0 Å². The zero-order valence-electron chi connectivity index (χ0n) is 10.3. The molecule has 0 aliphatic carbocycles. The van der Waals surface area contributed by atoms with E-state index in [1.807, 2.05) is 12.1 Å². The van der Waals surface area contributed by atoms with Gasteiger partial charge < -0.3 is 20.3 Å². The first kappa shape index (κ1) is 12.2. The molecule has 94 valence electrons. The van der Waals surface area contributed by atoms with Gasteiger partial charge in [0.05, 0.1) is 0 Å². The summed E-state index contributed by atoms with van der Waals surface area (Å²) in [7, 11) is 0. The molecule has 4 heteroatoms. The Morgan fingerprint density at radius 3 is 2.76 bits per heavy atom. The molecule has 0 aromatic heterocycles. The van der Waals surface area contributed by atoms with Crippen LogP contribution in [-0.2, 0) is 0 Å². The summed E-state index contributed by atoms with van der Waals surface area (Å²) >= 11 is 0. The van der Waals surface area contributed by atoms with Crippen LogP contribution in [0, 0.1) is 0 Å². The van der Waals surface area contributed by atoms with Crippen molar-refractivity contribution in [1.82, 2.24) is 0 Å². The third-order valence-corrected chi connectivity index (χ3v) is 3.03. The molecule has 1 aliphatic heterocycles. The van der Waals surface area contributed by atoms with E-state index in [2.05, 4.69) is 13.8 Å². The fourth-order valence-electron chi connectivity index (χ4n) is 2.22. The molecule has 0 spiro atoms. The third kappa shape index (κ3) is 2.23. The molecule has 1 unspecified atom stereocenters. The highest BCUT2D eigenvalue weighted by Gasteiger charge is 2.24. The van der Waals surface area contributed by atoms with E-state index in [-0.39, 0.29) is 19.4 Å². The lowest BCUT2D eigenvalue weighted by Crippen LogP contribution is -2.15. The number of benzene rings is 1. The summed E-state index contributed by atoms with van der Waals surface area (Å²) in [4.78, 5) is 0. The standard InChI is InChI=1S/C13H19NO3/c1-8(2)12-9(10(14)5-6-15)3-4-11-13(12)17-7-16-11/h3-4,8,10,15H,5-7,14H2,1-2H3. The molecule has 2 rings (SSSR count). The minimum Gasteiger partial charge on any atom is -0.454 e. The average molecular weight is 237 g/mol. The minimum absolute atomic E-state index is 0.0904. The van der Waals surface area contributed by atoms with Gasteiger partial charge in [0, 0.05) is 18.2 Å². The Labute approximate surface area is 101 Å². The molecule has 17 heavy (non-hydrogen) atoms. The maximum atomic E-state index is 8.98. The average Bonchev–Trinajstić information content (AvgIpc) is 2.75. The Bertz CT molecular complexity index is 404. The van der Waals surface area contributed by atoms with E-state index in [0.29, 0.717) is 12.3 Å². The first-order chi connectivity index (χ1) is 8.15. The lowest BCUT2D eigenvalue weighted by atomic mass is 9.90. The second-order valence-corrected chi connectivity index (χ2v) is 4.58. The van der Waals surface area contributed by atoms with Crippen molar-refractivity contribution in [1.29, 1.82) is 0 Å². The van der Waals surface area contributed by atoms with Crippen LogP contribution >= 0.6 is 0 Å². The molecule has 1 heterocycles. The lowest BCUT2D eigenvalue weighted by molar-refractivity contribution is 0.173. The Morgan fingerprint density at radius 1 is 1.35 bits per heavy atom. The monoisotopic (exact) mass is 237 g/mol. The number of ether oxygens (including phenoxy) is 2. The van der Waals surface area contributed by atoms with E-state index in [1.54, 1.807) is 0 Å². The van der Waals surface area contributed by atoms with E-state index in [4.69, 9.17) is 20.3 Å². The van der Waals surface area contributed by atoms with Crippen molar-refractivity contribution in [2.24, 2.45) is 5.73 Å². The van der Waals surface area contributed by atoms with Crippen molar-refractivity contribution >= 4 is 0 Å². The maximum Gasteiger partial charge on any atom is 0.231 e. The minimum atomic E-state index is -0.160. The van der Waals surface area contributed by atoms with E-state index < -0.39 is 0 Å². The summed E-state index contributed by atoms with van der Waals surface area (Å²) in [5, 5.41) is 8.98. The molecule has 1 aromatic carbocycles. The van der Waals surface area contributed by atoms with Crippen LogP contribution in [0.5, 0.6) is 11.5 Å². The molecule has 0 fully saturated rings. The van der Waals surface area contributed by atoms with Gasteiger partial charge in [-0.1, -0.05) is 19.9 Å². The van der Waals surface area contributed by atoms with Crippen molar-refractivity contribution in [3.05, 3.63) is 23.3 Å². The van der Waals surface area contributed by atoms with Crippen LogP contribution in [0.1, 0.15) is 43.4 Å². The molecule has 3 N–H and O–H groups in total. The van der Waals surface area contributed by atoms with Crippen molar-refractivity contribution in [3.8, 4) is 11.5 Å². The van der Waals surface area contributed by atoms with E-state index >= 15 is 0 Å². The molecule has 0 radical (unpaired) electrons. The number of hydrogen-bond donors (Lipinski definition) is 2. The molecular weight excluding hydrogens is 218 g/mol. The highest BCUT2D eigenvalue weighted by molar-refractivity contribution is 5.54. The van der Waals surface area contributed by atoms with Crippen LogP contribution in [0.2, 0.25) is 0 Å². The maximum absolute atomic E-state index is 8.98. The van der Waals surface area contributed by atoms with Gasteiger partial charge in [0.15, 0.2) is 11.5 Å². The van der Waals surface area contributed by atoms with Gasteiger partial charge in [0.25, 0.3) is 0 Å². The fourth-order valence-corrected chi connectivity index (χ4v) is 2.22. The molecule has 1 aromatic rings. The van der Waals surface area contributed by atoms with Gasteiger partial charge in [-0.15, -0.1) is 0 Å². The molecule has 0 bridgehead atoms. The number of fused-ring (bicyclic) bond motifs is 1. The van der Waals surface area contributed by atoms with Crippen molar-refractivity contribution in [2.45, 2.75) is 32.2 Å². The molecule has 0 amide bonds. The normalized spacial score (nSPS) is 15.4. The van der Waals surface area contributed by atoms with Crippen LogP contribution < -0.4 is 15.2 Å². The molecule has 0 saturated heterocycles. The first-order valence-corrected chi connectivity index (χ1v) is 5.94. The van der Waals surface area contributed by atoms with Gasteiger partial charge >= 0.3 is 0 Å². The number of nitrogens with two attached hydrogens (primary N) is 1. The molecule has 1 aliphatic rings. The number of aliphatic hydroxyl groups excluding tert-OH is 1. The fraction of sp³-hybridized carbons (Fsp3) is 0.538. The summed E-state index contributed by atoms with van der Waals surface area (Å²) in [6.07, 6.45) is 0.555. The SMILES string of the molecule is CC(C)c1c(C(N)CCO)ccc2c1OCO2. The van der Waals surface area contributed by atoms with Gasteiger partial charge in [-0.2, -0.15) is 0 Å². The second-order valence-electron chi connectivity index (χ2n) is 4.58. The molecule has 0 saturated carbocycles. The number of rotatable bonds is 4. The van der Waals surface area contributed by atoms with Crippen LogP contribution in [0.15, 0.2) is 12.1 Å². The van der Waals surface area contributed by atoms with Gasteiger partial charge in [-0.25, -0.2) is 0 Å². The van der Waals surface area contributed by atoms with E-state index in [0.717, 1.165) is 22.6 Å². The molecular formula is C13H19NO3. The predicted octanol–water partition coefficient (Wildman–Crippen LogP) is 1.92. The Balaban J connectivity index is 2.45. The van der Waals surface area contributed by atoms with Gasteiger partial charge in [-0.3, -0.25) is 0 Å². The zero-order valence-corrected chi connectivity index (χ0v) is 10.3. The Hall–Kier alpha value is -1.26. The quantitative estimate of drug-likeness (QED) is 0.839. The first-order valence-electron chi connectivity index (χ1n) is 5.94. The summed E-state index contributed by atoms with van der Waals surface area (Å²) in [5.41, 5.74) is 8.22. The molecule has 1 atom stereocenters. The van der Waals surface area contributed by atoms with Gasteiger partial charge in [-0.05, 0) is 24.0 Å². The van der Waals surface area contributed by atoms with Gasteiger partial charge in [0.1, 0.15) is 0 Å². The topological polar surface area (TPSA) is 64.7 Å². The molecule has 4 nitrogen and oxygen atoms in total. The van der Waals surface area contributed by atoms with E-state index in [1.165, 1.54) is 0 Å². The Kier molecular flexibility index (Phi) is 3.54. The highest BCUT2D eigenvalue weighted by Crippen LogP contribution is 2.42. The highest BCUT2D eigenvalue weighted by atomic mass is 16.7. The smallest absolute Gasteiger partial charge is 0.231 e. The second kappa shape index (κ2) is 4.94. The van der Waals surface area contributed by atoms with Crippen molar-refractivity contribution in [3.63, 3.8) is 0 Å². The van der Waals surface area contributed by atoms with Crippen molar-refractivity contribution in [2.75, 3.05) is 13.4 Å². The van der Waals surface area contributed by atoms with E-state index in [9.17, 15) is 0 Å². The summed E-state index contributed by atoms with van der Waals surface area (Å²) in [5.74, 6) is 1.91. The van der Waals surface area contributed by atoms with Crippen LogP contribution in [0.25, 0.3) is 0 Å².